The second-order valence-electron chi connectivity index (χ2n) is 6.53. The van der Waals surface area contributed by atoms with Gasteiger partial charge >= 0.3 is 5.69 Å². The number of amides is 1. The standard InChI is InChI=1S/C19H20N6O2/c26-17(13-25-19(27)24-10-6-2-5-9-16(24)23-25)22-15-11-20-18(21-12-15)14-7-3-1-4-8-14/h1,3-4,7-8,11-12H,2,5-6,9-10,13H2,(H,22,26). The van der Waals surface area contributed by atoms with Crippen molar-refractivity contribution in [3.63, 3.8) is 0 Å². The Morgan fingerprint density at radius 1 is 1.07 bits per heavy atom. The zero-order chi connectivity index (χ0) is 18.6. The lowest BCUT2D eigenvalue weighted by Crippen LogP contribution is -2.30. The van der Waals surface area contributed by atoms with Gasteiger partial charge in [0.2, 0.25) is 5.91 Å². The van der Waals surface area contributed by atoms with Gasteiger partial charge in [-0.15, -0.1) is 0 Å². The SMILES string of the molecule is O=C(Cn1nc2n(c1=O)CCCCC2)Nc1cnc(-c2ccccc2)nc1. The number of anilines is 1. The first-order valence-corrected chi connectivity index (χ1v) is 9.04. The van der Waals surface area contributed by atoms with Gasteiger partial charge in [0, 0.05) is 18.5 Å². The number of carbonyl (C=O) groups excluding carboxylic acids is 1. The molecule has 0 atom stereocenters. The molecule has 0 aliphatic carbocycles. The van der Waals surface area contributed by atoms with E-state index in [0.29, 0.717) is 18.1 Å². The van der Waals surface area contributed by atoms with E-state index in [0.717, 1.165) is 37.1 Å². The third-order valence-electron chi connectivity index (χ3n) is 4.54. The van der Waals surface area contributed by atoms with E-state index in [1.54, 1.807) is 17.0 Å². The maximum absolute atomic E-state index is 12.4. The second-order valence-corrected chi connectivity index (χ2v) is 6.53. The smallest absolute Gasteiger partial charge is 0.322 e. The summed E-state index contributed by atoms with van der Waals surface area (Å²) in [4.78, 5) is 33.3. The summed E-state index contributed by atoms with van der Waals surface area (Å²) in [5.74, 6) is 1.02. The third-order valence-corrected chi connectivity index (χ3v) is 4.54. The molecule has 0 spiro atoms. The highest BCUT2D eigenvalue weighted by molar-refractivity contribution is 5.90. The van der Waals surface area contributed by atoms with Crippen LogP contribution in [0.5, 0.6) is 0 Å². The number of hydrogen-bond acceptors (Lipinski definition) is 5. The number of nitrogens with zero attached hydrogens (tertiary/aromatic N) is 5. The minimum absolute atomic E-state index is 0.126. The molecule has 0 unspecified atom stereocenters. The van der Waals surface area contributed by atoms with Crippen molar-refractivity contribution in [2.45, 2.75) is 38.8 Å². The highest BCUT2D eigenvalue weighted by Gasteiger charge is 2.17. The van der Waals surface area contributed by atoms with Crippen LogP contribution in [0.2, 0.25) is 0 Å². The van der Waals surface area contributed by atoms with Crippen molar-refractivity contribution in [3.8, 4) is 11.4 Å². The summed E-state index contributed by atoms with van der Waals surface area (Å²) in [6.07, 6.45) is 6.97. The molecule has 8 heteroatoms. The zero-order valence-electron chi connectivity index (χ0n) is 14.8. The van der Waals surface area contributed by atoms with Crippen molar-refractivity contribution >= 4 is 11.6 Å². The maximum Gasteiger partial charge on any atom is 0.346 e. The van der Waals surface area contributed by atoms with Crippen molar-refractivity contribution in [1.82, 2.24) is 24.3 Å². The van der Waals surface area contributed by atoms with Gasteiger partial charge in [0.05, 0.1) is 18.1 Å². The van der Waals surface area contributed by atoms with Crippen LogP contribution in [0.3, 0.4) is 0 Å². The van der Waals surface area contributed by atoms with Gasteiger partial charge < -0.3 is 5.32 Å². The highest BCUT2D eigenvalue weighted by Crippen LogP contribution is 2.15. The van der Waals surface area contributed by atoms with Crippen LogP contribution in [0, 0.1) is 0 Å². The van der Waals surface area contributed by atoms with Gasteiger partial charge in [0.15, 0.2) is 5.82 Å². The first-order valence-electron chi connectivity index (χ1n) is 9.04. The van der Waals surface area contributed by atoms with Gasteiger partial charge in [0.25, 0.3) is 0 Å². The van der Waals surface area contributed by atoms with E-state index in [2.05, 4.69) is 20.4 Å². The van der Waals surface area contributed by atoms with Crippen LogP contribution in [0.1, 0.15) is 25.1 Å². The van der Waals surface area contributed by atoms with Gasteiger partial charge in [0.1, 0.15) is 12.4 Å². The van der Waals surface area contributed by atoms with Crippen molar-refractivity contribution in [2.75, 3.05) is 5.32 Å². The Morgan fingerprint density at radius 3 is 2.63 bits per heavy atom. The summed E-state index contributed by atoms with van der Waals surface area (Å²) in [5, 5.41) is 7.04. The van der Waals surface area contributed by atoms with E-state index in [1.165, 1.54) is 4.68 Å². The molecule has 138 valence electrons. The van der Waals surface area contributed by atoms with Crippen LogP contribution >= 0.6 is 0 Å². The first kappa shape index (κ1) is 17.1. The predicted octanol–water partition coefficient (Wildman–Crippen LogP) is 1.87. The summed E-state index contributed by atoms with van der Waals surface area (Å²) in [5.41, 5.74) is 1.16. The molecule has 3 heterocycles. The summed E-state index contributed by atoms with van der Waals surface area (Å²) in [6.45, 7) is 0.545. The van der Waals surface area contributed by atoms with Crippen molar-refractivity contribution in [3.05, 3.63) is 59.0 Å². The minimum atomic E-state index is -0.332. The molecule has 27 heavy (non-hydrogen) atoms. The Morgan fingerprint density at radius 2 is 1.85 bits per heavy atom. The molecule has 1 amide bonds. The van der Waals surface area contributed by atoms with Gasteiger partial charge in [-0.3, -0.25) is 9.36 Å². The molecule has 0 saturated heterocycles. The number of aryl methyl sites for hydroxylation is 1. The van der Waals surface area contributed by atoms with E-state index in [-0.39, 0.29) is 18.1 Å². The lowest BCUT2D eigenvalue weighted by molar-refractivity contribution is -0.117. The Labute approximate surface area is 155 Å². The number of rotatable bonds is 4. The van der Waals surface area contributed by atoms with Crippen LogP contribution in [-0.4, -0.2) is 30.2 Å². The van der Waals surface area contributed by atoms with E-state index in [9.17, 15) is 9.59 Å². The van der Waals surface area contributed by atoms with E-state index in [4.69, 9.17) is 0 Å². The zero-order valence-corrected chi connectivity index (χ0v) is 14.8. The number of fused-ring (bicyclic) bond motifs is 1. The topological polar surface area (TPSA) is 94.7 Å². The fourth-order valence-electron chi connectivity index (χ4n) is 3.19. The molecule has 0 bridgehead atoms. The van der Waals surface area contributed by atoms with Gasteiger partial charge in [-0.25, -0.2) is 19.4 Å². The molecule has 0 radical (unpaired) electrons. The van der Waals surface area contributed by atoms with Crippen LogP contribution in [0.25, 0.3) is 11.4 Å². The van der Waals surface area contributed by atoms with Crippen LogP contribution < -0.4 is 11.0 Å². The molecule has 1 aromatic carbocycles. The molecule has 1 N–H and O–H groups in total. The second kappa shape index (κ2) is 7.53. The normalized spacial score (nSPS) is 13.6. The van der Waals surface area contributed by atoms with Crippen molar-refractivity contribution in [1.29, 1.82) is 0 Å². The summed E-state index contributed by atoms with van der Waals surface area (Å²) < 4.78 is 2.91. The molecule has 1 aliphatic heterocycles. The number of aromatic nitrogens is 5. The predicted molar refractivity (Wildman–Crippen MR) is 100 cm³/mol. The van der Waals surface area contributed by atoms with Crippen LogP contribution in [-0.2, 0) is 24.3 Å². The minimum Gasteiger partial charge on any atom is -0.322 e. The third kappa shape index (κ3) is 3.79. The number of nitrogens with one attached hydrogen (secondary N) is 1. The molecular formula is C19H20N6O2. The average molecular weight is 364 g/mol. The van der Waals surface area contributed by atoms with Gasteiger partial charge in [-0.1, -0.05) is 36.8 Å². The summed E-state index contributed by atoms with van der Waals surface area (Å²) in [7, 11) is 0. The first-order chi connectivity index (χ1) is 13.2. The Balaban J connectivity index is 1.43. The number of benzene rings is 1. The quantitative estimate of drug-likeness (QED) is 0.763. The lowest BCUT2D eigenvalue weighted by Gasteiger charge is -2.05. The molecule has 3 aromatic rings. The molecular weight excluding hydrogens is 344 g/mol. The van der Waals surface area contributed by atoms with Crippen molar-refractivity contribution < 1.29 is 4.79 Å². The Kier molecular flexibility index (Phi) is 4.78. The Hall–Kier alpha value is -3.29. The van der Waals surface area contributed by atoms with E-state index >= 15 is 0 Å². The average Bonchev–Trinajstić information content (AvgIpc) is 2.86. The molecule has 2 aromatic heterocycles. The fourth-order valence-corrected chi connectivity index (χ4v) is 3.19. The molecule has 1 aliphatic rings. The van der Waals surface area contributed by atoms with E-state index in [1.807, 2.05) is 30.3 Å². The van der Waals surface area contributed by atoms with Gasteiger partial charge in [-0.2, -0.15) is 5.10 Å². The largest absolute Gasteiger partial charge is 0.346 e. The molecule has 0 fully saturated rings. The number of hydrogen-bond donors (Lipinski definition) is 1. The highest BCUT2D eigenvalue weighted by atomic mass is 16.2. The summed E-state index contributed by atoms with van der Waals surface area (Å²) >= 11 is 0. The fraction of sp³-hybridized carbons (Fsp3) is 0.316. The van der Waals surface area contributed by atoms with Crippen LogP contribution in [0.4, 0.5) is 5.69 Å². The number of carbonyl (C=O) groups is 1. The van der Waals surface area contributed by atoms with Crippen molar-refractivity contribution in [2.24, 2.45) is 0 Å². The van der Waals surface area contributed by atoms with Crippen LogP contribution in [0.15, 0.2) is 47.5 Å². The molecule has 4 rings (SSSR count). The molecule has 0 saturated carbocycles. The lowest BCUT2D eigenvalue weighted by atomic mass is 10.2. The molecule has 8 nitrogen and oxygen atoms in total. The summed E-state index contributed by atoms with van der Waals surface area (Å²) in [6, 6.07) is 9.60. The van der Waals surface area contributed by atoms with E-state index < -0.39 is 0 Å². The Bertz CT molecular complexity index is 991. The maximum atomic E-state index is 12.4. The van der Waals surface area contributed by atoms with Gasteiger partial charge in [-0.05, 0) is 12.8 Å². The monoisotopic (exact) mass is 364 g/mol.